The molecule has 0 radical (unpaired) electrons. The molecule has 1 unspecified atom stereocenters. The number of hydrogen-bond acceptors (Lipinski definition) is 8. The van der Waals surface area contributed by atoms with Crippen LogP contribution in [-0.4, -0.2) is 59.0 Å². The van der Waals surface area contributed by atoms with Crippen LogP contribution in [-0.2, 0) is 22.5 Å². The maximum Gasteiger partial charge on any atom is 0.276 e. The standard InChI is InChI=1S/C22H26N4O5/c1-15-18(14-28-2)20(25-30-15)22(27)26-11-6-9-17(13-26)29-12-10-19-23-21(31-24-19)16-7-4-3-5-8-16/h3-5,7-8,17H,6,9-14H2,1-2H3. The van der Waals surface area contributed by atoms with Gasteiger partial charge < -0.3 is 23.4 Å². The number of nitrogens with zero attached hydrogens (tertiary/aromatic N) is 4. The molecule has 9 heteroatoms. The minimum absolute atomic E-state index is 0.0444. The number of carbonyl (C=O) groups excluding carboxylic acids is 1. The molecule has 1 aromatic carbocycles. The van der Waals surface area contributed by atoms with Crippen LogP contribution in [0.1, 0.15) is 40.5 Å². The molecule has 31 heavy (non-hydrogen) atoms. The Balaban J connectivity index is 1.30. The van der Waals surface area contributed by atoms with Crippen molar-refractivity contribution >= 4 is 5.91 Å². The lowest BCUT2D eigenvalue weighted by molar-refractivity contribution is 0.00210. The van der Waals surface area contributed by atoms with E-state index in [9.17, 15) is 4.79 Å². The van der Waals surface area contributed by atoms with Crippen molar-refractivity contribution in [2.45, 2.75) is 38.9 Å². The molecule has 3 aromatic rings. The van der Waals surface area contributed by atoms with Gasteiger partial charge in [0.1, 0.15) is 5.76 Å². The summed E-state index contributed by atoms with van der Waals surface area (Å²) in [5.74, 6) is 1.55. The first-order chi connectivity index (χ1) is 15.2. The van der Waals surface area contributed by atoms with Gasteiger partial charge in [0, 0.05) is 32.2 Å². The van der Waals surface area contributed by atoms with E-state index in [2.05, 4.69) is 15.3 Å². The molecule has 9 nitrogen and oxygen atoms in total. The van der Waals surface area contributed by atoms with Gasteiger partial charge >= 0.3 is 0 Å². The molecule has 0 saturated carbocycles. The predicted octanol–water partition coefficient (Wildman–Crippen LogP) is 3.04. The molecule has 2 aromatic heterocycles. The Labute approximate surface area is 180 Å². The summed E-state index contributed by atoms with van der Waals surface area (Å²) in [5, 5.41) is 7.98. The summed E-state index contributed by atoms with van der Waals surface area (Å²) in [4.78, 5) is 19.1. The van der Waals surface area contributed by atoms with Gasteiger partial charge in [0.15, 0.2) is 11.5 Å². The van der Waals surface area contributed by atoms with E-state index in [0.29, 0.717) is 61.5 Å². The maximum absolute atomic E-state index is 12.9. The zero-order chi connectivity index (χ0) is 21.6. The molecule has 1 amide bonds. The van der Waals surface area contributed by atoms with E-state index in [4.69, 9.17) is 18.5 Å². The summed E-state index contributed by atoms with van der Waals surface area (Å²) < 4.78 is 21.7. The summed E-state index contributed by atoms with van der Waals surface area (Å²) in [6.07, 6.45) is 2.26. The van der Waals surface area contributed by atoms with Crippen molar-refractivity contribution in [3.63, 3.8) is 0 Å². The Morgan fingerprint density at radius 2 is 2.06 bits per heavy atom. The van der Waals surface area contributed by atoms with E-state index in [1.165, 1.54) is 0 Å². The number of benzene rings is 1. The first kappa shape index (κ1) is 21.2. The third kappa shape index (κ3) is 5.00. The van der Waals surface area contributed by atoms with E-state index >= 15 is 0 Å². The van der Waals surface area contributed by atoms with E-state index in [1.807, 2.05) is 30.3 Å². The molecule has 0 spiro atoms. The van der Waals surface area contributed by atoms with Gasteiger partial charge in [-0.2, -0.15) is 4.98 Å². The molecular weight excluding hydrogens is 400 g/mol. The van der Waals surface area contributed by atoms with Crippen molar-refractivity contribution in [3.05, 3.63) is 53.2 Å². The molecule has 4 rings (SSSR count). The molecule has 164 valence electrons. The Kier molecular flexibility index (Phi) is 6.73. The molecule has 1 saturated heterocycles. The number of aromatic nitrogens is 3. The molecule has 1 aliphatic rings. The molecule has 0 bridgehead atoms. The molecule has 0 N–H and O–H groups in total. The van der Waals surface area contributed by atoms with Crippen LogP contribution < -0.4 is 0 Å². The quantitative estimate of drug-likeness (QED) is 0.541. The highest BCUT2D eigenvalue weighted by Crippen LogP contribution is 2.21. The Hall–Kier alpha value is -3.04. The third-order valence-corrected chi connectivity index (χ3v) is 5.31. The van der Waals surface area contributed by atoms with E-state index in [-0.39, 0.29) is 12.0 Å². The molecule has 1 fully saturated rings. The van der Waals surface area contributed by atoms with Crippen LogP contribution in [0.25, 0.3) is 11.5 Å². The lowest BCUT2D eigenvalue weighted by Gasteiger charge is -2.32. The SMILES string of the molecule is COCc1c(C(=O)N2CCCC(OCCc3noc(-c4ccccc4)n3)C2)noc1C. The van der Waals surface area contributed by atoms with Gasteiger partial charge in [-0.25, -0.2) is 0 Å². The first-order valence-corrected chi connectivity index (χ1v) is 10.4. The van der Waals surface area contributed by atoms with Crippen LogP contribution in [0.15, 0.2) is 39.4 Å². The van der Waals surface area contributed by atoms with Crippen molar-refractivity contribution in [2.75, 3.05) is 26.8 Å². The van der Waals surface area contributed by atoms with Crippen molar-refractivity contribution in [3.8, 4) is 11.5 Å². The number of amides is 1. The average Bonchev–Trinajstić information content (AvgIpc) is 3.42. The Morgan fingerprint density at radius 1 is 1.23 bits per heavy atom. The molecule has 1 aliphatic heterocycles. The summed E-state index contributed by atoms with van der Waals surface area (Å²) in [6.45, 7) is 3.71. The van der Waals surface area contributed by atoms with E-state index in [1.54, 1.807) is 18.9 Å². The smallest absolute Gasteiger partial charge is 0.276 e. The minimum atomic E-state index is -0.150. The number of ether oxygens (including phenoxy) is 2. The number of likely N-dealkylation sites (tertiary alicyclic amines) is 1. The number of methoxy groups -OCH3 is 1. The molecule has 1 atom stereocenters. The van der Waals surface area contributed by atoms with Crippen molar-refractivity contribution in [2.24, 2.45) is 0 Å². The first-order valence-electron chi connectivity index (χ1n) is 10.4. The van der Waals surface area contributed by atoms with Crippen LogP contribution >= 0.6 is 0 Å². The Morgan fingerprint density at radius 3 is 2.87 bits per heavy atom. The van der Waals surface area contributed by atoms with Crippen LogP contribution in [0.3, 0.4) is 0 Å². The van der Waals surface area contributed by atoms with E-state index in [0.717, 1.165) is 18.4 Å². The predicted molar refractivity (Wildman–Crippen MR) is 110 cm³/mol. The van der Waals surface area contributed by atoms with Crippen molar-refractivity contribution in [1.29, 1.82) is 0 Å². The topological polar surface area (TPSA) is 104 Å². The van der Waals surface area contributed by atoms with Gasteiger partial charge in [-0.05, 0) is 31.9 Å². The summed E-state index contributed by atoms with van der Waals surface area (Å²) >= 11 is 0. The van der Waals surface area contributed by atoms with Gasteiger partial charge in [0.25, 0.3) is 11.8 Å². The molecule has 0 aliphatic carbocycles. The van der Waals surface area contributed by atoms with Crippen LogP contribution in [0.5, 0.6) is 0 Å². The lowest BCUT2D eigenvalue weighted by atomic mass is 10.1. The number of carbonyl (C=O) groups is 1. The minimum Gasteiger partial charge on any atom is -0.380 e. The summed E-state index contributed by atoms with van der Waals surface area (Å²) in [5.41, 5.74) is 1.90. The lowest BCUT2D eigenvalue weighted by Crippen LogP contribution is -2.43. The second-order valence-corrected chi connectivity index (χ2v) is 7.52. The number of rotatable bonds is 8. The van der Waals surface area contributed by atoms with Gasteiger partial charge in [-0.15, -0.1) is 0 Å². The zero-order valence-corrected chi connectivity index (χ0v) is 17.7. The largest absolute Gasteiger partial charge is 0.380 e. The van der Waals surface area contributed by atoms with Gasteiger partial charge in [0.2, 0.25) is 0 Å². The third-order valence-electron chi connectivity index (χ3n) is 5.31. The highest BCUT2D eigenvalue weighted by atomic mass is 16.5. The summed E-state index contributed by atoms with van der Waals surface area (Å²) in [6, 6.07) is 9.65. The fourth-order valence-electron chi connectivity index (χ4n) is 3.65. The maximum atomic E-state index is 12.9. The van der Waals surface area contributed by atoms with Gasteiger partial charge in [0.05, 0.1) is 24.9 Å². The van der Waals surface area contributed by atoms with Crippen LogP contribution in [0, 0.1) is 6.92 Å². The Bertz CT molecular complexity index is 1000. The monoisotopic (exact) mass is 426 g/mol. The van der Waals surface area contributed by atoms with Crippen molar-refractivity contribution < 1.29 is 23.3 Å². The van der Waals surface area contributed by atoms with Crippen LogP contribution in [0.4, 0.5) is 0 Å². The number of piperidine rings is 1. The highest BCUT2D eigenvalue weighted by Gasteiger charge is 2.29. The van der Waals surface area contributed by atoms with Gasteiger partial charge in [-0.1, -0.05) is 28.5 Å². The zero-order valence-electron chi connectivity index (χ0n) is 17.7. The second kappa shape index (κ2) is 9.84. The van der Waals surface area contributed by atoms with Crippen LogP contribution in [0.2, 0.25) is 0 Å². The molecule has 3 heterocycles. The van der Waals surface area contributed by atoms with Crippen molar-refractivity contribution in [1.82, 2.24) is 20.2 Å². The summed E-state index contributed by atoms with van der Waals surface area (Å²) in [7, 11) is 1.58. The fraction of sp³-hybridized carbons (Fsp3) is 0.455. The highest BCUT2D eigenvalue weighted by molar-refractivity contribution is 5.93. The van der Waals surface area contributed by atoms with E-state index < -0.39 is 0 Å². The molecular formula is C22H26N4O5. The number of aryl methyl sites for hydroxylation is 1. The second-order valence-electron chi connectivity index (χ2n) is 7.52. The number of hydrogen-bond donors (Lipinski definition) is 0. The fourth-order valence-corrected chi connectivity index (χ4v) is 3.65. The van der Waals surface area contributed by atoms with Gasteiger partial charge in [-0.3, -0.25) is 4.79 Å². The average molecular weight is 426 g/mol. The normalized spacial score (nSPS) is 16.6.